The van der Waals surface area contributed by atoms with E-state index >= 15 is 0 Å². The van der Waals surface area contributed by atoms with Crippen molar-refractivity contribution in [3.8, 4) is 11.1 Å². The smallest absolute Gasteiger partial charge is 0.146 e. The third kappa shape index (κ3) is 4.15. The van der Waals surface area contributed by atoms with Crippen molar-refractivity contribution in [3.63, 3.8) is 0 Å². The van der Waals surface area contributed by atoms with E-state index in [1.807, 2.05) is 39.2 Å². The van der Waals surface area contributed by atoms with Gasteiger partial charge in [0.15, 0.2) is 0 Å². The van der Waals surface area contributed by atoms with Gasteiger partial charge in [-0.25, -0.2) is 9.97 Å². The highest BCUT2D eigenvalue weighted by Gasteiger charge is 2.16. The van der Waals surface area contributed by atoms with E-state index in [1.165, 1.54) is 0 Å². The van der Waals surface area contributed by atoms with Crippen molar-refractivity contribution in [3.05, 3.63) is 41.5 Å². The van der Waals surface area contributed by atoms with Gasteiger partial charge in [0.25, 0.3) is 0 Å². The van der Waals surface area contributed by atoms with Crippen LogP contribution in [0.15, 0.2) is 35.7 Å². The van der Waals surface area contributed by atoms with Gasteiger partial charge < -0.3 is 15.3 Å². The van der Waals surface area contributed by atoms with E-state index < -0.39 is 0 Å². The van der Waals surface area contributed by atoms with Crippen LogP contribution in [-0.2, 0) is 6.54 Å². The molecular formula is C19H24N4OS. The molecule has 0 aliphatic heterocycles. The molecule has 6 heteroatoms. The second-order valence-electron chi connectivity index (χ2n) is 6.59. The molecular weight excluding hydrogens is 332 g/mol. The molecule has 5 nitrogen and oxygen atoms in total. The van der Waals surface area contributed by atoms with E-state index in [9.17, 15) is 5.11 Å². The molecule has 0 saturated carbocycles. The summed E-state index contributed by atoms with van der Waals surface area (Å²) in [6, 6.07) is 10.3. The minimum absolute atomic E-state index is 0.154. The van der Waals surface area contributed by atoms with Gasteiger partial charge in [-0.05, 0) is 25.6 Å². The van der Waals surface area contributed by atoms with Crippen LogP contribution in [-0.4, -0.2) is 47.2 Å². The Morgan fingerprint density at radius 1 is 1.20 bits per heavy atom. The number of rotatable bonds is 7. The van der Waals surface area contributed by atoms with Gasteiger partial charge in [-0.1, -0.05) is 37.3 Å². The van der Waals surface area contributed by atoms with E-state index in [0.717, 1.165) is 33.0 Å². The van der Waals surface area contributed by atoms with Crippen LogP contribution in [0.4, 0.5) is 5.82 Å². The topological polar surface area (TPSA) is 61.3 Å². The Hall–Kier alpha value is -2.02. The normalized spacial score (nSPS) is 12.7. The summed E-state index contributed by atoms with van der Waals surface area (Å²) in [5.41, 5.74) is 2.31. The van der Waals surface area contributed by atoms with Gasteiger partial charge in [0, 0.05) is 24.1 Å². The Labute approximate surface area is 152 Å². The number of aliphatic hydroxyl groups excluding tert-OH is 1. The molecule has 0 bridgehead atoms. The molecule has 0 spiro atoms. The number of aromatic nitrogens is 2. The number of nitrogens with zero attached hydrogens (tertiary/aromatic N) is 3. The van der Waals surface area contributed by atoms with Crippen molar-refractivity contribution in [2.24, 2.45) is 5.92 Å². The first kappa shape index (κ1) is 17.8. The molecule has 25 heavy (non-hydrogen) atoms. The molecule has 0 fully saturated rings. The van der Waals surface area contributed by atoms with Crippen molar-refractivity contribution in [2.75, 3.05) is 32.6 Å². The zero-order valence-corrected chi connectivity index (χ0v) is 15.7. The number of aliphatic hydroxyl groups is 1. The van der Waals surface area contributed by atoms with Crippen LogP contribution in [0.5, 0.6) is 0 Å². The molecule has 1 unspecified atom stereocenters. The van der Waals surface area contributed by atoms with Crippen LogP contribution >= 0.6 is 11.3 Å². The molecule has 2 N–H and O–H groups in total. The highest BCUT2D eigenvalue weighted by Crippen LogP contribution is 2.37. The summed E-state index contributed by atoms with van der Waals surface area (Å²) >= 11 is 1.65. The average Bonchev–Trinajstić information content (AvgIpc) is 3.03. The van der Waals surface area contributed by atoms with Crippen LogP contribution in [0.25, 0.3) is 21.3 Å². The molecule has 0 radical (unpaired) electrons. The van der Waals surface area contributed by atoms with E-state index in [1.54, 1.807) is 11.3 Å². The summed E-state index contributed by atoms with van der Waals surface area (Å²) in [4.78, 5) is 12.6. The summed E-state index contributed by atoms with van der Waals surface area (Å²) in [7, 11) is 4.02. The van der Waals surface area contributed by atoms with Crippen molar-refractivity contribution >= 4 is 27.4 Å². The Balaban J connectivity index is 2.08. The van der Waals surface area contributed by atoms with E-state index in [-0.39, 0.29) is 12.5 Å². The fourth-order valence-electron chi connectivity index (χ4n) is 2.63. The van der Waals surface area contributed by atoms with Crippen molar-refractivity contribution in [2.45, 2.75) is 13.5 Å². The van der Waals surface area contributed by atoms with Gasteiger partial charge in [-0.15, -0.1) is 11.3 Å². The number of thiophene rings is 1. The maximum Gasteiger partial charge on any atom is 0.146 e. The second kappa shape index (κ2) is 7.91. The number of fused-ring (bicyclic) bond motifs is 1. The van der Waals surface area contributed by atoms with E-state index in [0.29, 0.717) is 13.1 Å². The number of hydrogen-bond acceptors (Lipinski definition) is 6. The lowest BCUT2D eigenvalue weighted by atomic mass is 10.1. The minimum Gasteiger partial charge on any atom is -0.396 e. The molecule has 0 aliphatic rings. The lowest BCUT2D eigenvalue weighted by molar-refractivity contribution is 0.244. The molecule has 2 aromatic heterocycles. The summed E-state index contributed by atoms with van der Waals surface area (Å²) in [5, 5.41) is 15.9. The zero-order valence-electron chi connectivity index (χ0n) is 14.9. The average molecular weight is 356 g/mol. The molecule has 2 heterocycles. The molecule has 1 aromatic carbocycles. The maximum atomic E-state index is 9.31. The van der Waals surface area contributed by atoms with Crippen LogP contribution < -0.4 is 5.32 Å². The highest BCUT2D eigenvalue weighted by molar-refractivity contribution is 7.17. The summed E-state index contributed by atoms with van der Waals surface area (Å²) in [6.45, 7) is 3.53. The zero-order chi connectivity index (χ0) is 17.8. The number of nitrogens with one attached hydrogen (secondary N) is 1. The highest BCUT2D eigenvalue weighted by atomic mass is 32.1. The SMILES string of the molecule is CC(CO)CNc1nc(CN(C)C)nc2scc(-c3ccccc3)c12. The van der Waals surface area contributed by atoms with Crippen molar-refractivity contribution in [1.29, 1.82) is 0 Å². The predicted molar refractivity (Wildman–Crippen MR) is 105 cm³/mol. The molecule has 0 amide bonds. The fraction of sp³-hybridized carbons (Fsp3) is 0.368. The lowest BCUT2D eigenvalue weighted by Crippen LogP contribution is -2.17. The van der Waals surface area contributed by atoms with Gasteiger partial charge >= 0.3 is 0 Å². The Morgan fingerprint density at radius 3 is 2.64 bits per heavy atom. The third-order valence-corrected chi connectivity index (χ3v) is 4.82. The number of hydrogen-bond donors (Lipinski definition) is 2. The first-order chi connectivity index (χ1) is 12.1. The number of anilines is 1. The van der Waals surface area contributed by atoms with Gasteiger partial charge in [0.1, 0.15) is 16.5 Å². The van der Waals surface area contributed by atoms with Gasteiger partial charge in [-0.2, -0.15) is 0 Å². The monoisotopic (exact) mass is 356 g/mol. The fourth-order valence-corrected chi connectivity index (χ4v) is 3.60. The summed E-state index contributed by atoms with van der Waals surface area (Å²) < 4.78 is 0. The van der Waals surface area contributed by atoms with Crippen molar-refractivity contribution < 1.29 is 5.11 Å². The van der Waals surface area contributed by atoms with Crippen LogP contribution in [0, 0.1) is 5.92 Å². The maximum absolute atomic E-state index is 9.31. The third-order valence-electron chi connectivity index (χ3n) is 3.95. The Kier molecular flexibility index (Phi) is 5.63. The second-order valence-corrected chi connectivity index (χ2v) is 7.45. The van der Waals surface area contributed by atoms with Crippen LogP contribution in [0.1, 0.15) is 12.7 Å². The molecule has 3 aromatic rings. The molecule has 0 aliphatic carbocycles. The largest absolute Gasteiger partial charge is 0.396 e. The summed E-state index contributed by atoms with van der Waals surface area (Å²) in [6.07, 6.45) is 0. The van der Waals surface area contributed by atoms with Gasteiger partial charge in [0.2, 0.25) is 0 Å². The van der Waals surface area contributed by atoms with E-state index in [4.69, 9.17) is 9.97 Å². The van der Waals surface area contributed by atoms with Crippen LogP contribution in [0.3, 0.4) is 0 Å². The minimum atomic E-state index is 0.154. The number of benzene rings is 1. The quantitative estimate of drug-likeness (QED) is 0.679. The molecule has 3 rings (SSSR count). The van der Waals surface area contributed by atoms with Crippen LogP contribution in [0.2, 0.25) is 0 Å². The molecule has 1 atom stereocenters. The first-order valence-corrected chi connectivity index (χ1v) is 9.29. The predicted octanol–water partition coefficient (Wildman–Crippen LogP) is 3.46. The molecule has 0 saturated heterocycles. The van der Waals surface area contributed by atoms with Crippen molar-refractivity contribution in [1.82, 2.24) is 14.9 Å². The van der Waals surface area contributed by atoms with Gasteiger partial charge in [-0.3, -0.25) is 0 Å². The molecule has 132 valence electrons. The van der Waals surface area contributed by atoms with Gasteiger partial charge in [0.05, 0.1) is 11.9 Å². The lowest BCUT2D eigenvalue weighted by Gasteiger charge is -2.14. The Bertz CT molecular complexity index is 832. The Morgan fingerprint density at radius 2 is 1.96 bits per heavy atom. The first-order valence-electron chi connectivity index (χ1n) is 8.41. The standard InChI is InChI=1S/C19H24N4OS/c1-13(11-24)9-20-18-17-15(14-7-5-4-6-8-14)12-25-19(17)22-16(21-18)10-23(2)3/h4-8,12-13,24H,9-11H2,1-3H3,(H,20,21,22). The summed E-state index contributed by atoms with van der Waals surface area (Å²) in [5.74, 6) is 1.82. The van der Waals surface area contributed by atoms with E-state index in [2.05, 4.69) is 27.7 Å².